The van der Waals surface area contributed by atoms with Gasteiger partial charge in [0, 0.05) is 0 Å². The van der Waals surface area contributed by atoms with Crippen LogP contribution in [0.25, 0.3) is 0 Å². The van der Waals surface area contributed by atoms with Crippen LogP contribution in [0.15, 0.2) is 36.4 Å². The number of carbonyl (C=O) groups excluding carboxylic acids is 1. The Morgan fingerprint density at radius 3 is 2.38 bits per heavy atom. The van der Waals surface area contributed by atoms with Gasteiger partial charge in [-0.1, -0.05) is 44.2 Å². The van der Waals surface area contributed by atoms with E-state index in [-0.39, 0.29) is 6.04 Å². The summed E-state index contributed by atoms with van der Waals surface area (Å²) >= 11 is 0. The Bertz CT molecular complexity index is 706. The Hall–Kier alpha value is -2.63. The van der Waals surface area contributed by atoms with E-state index in [0.717, 1.165) is 18.5 Å². The highest BCUT2D eigenvalue weighted by Gasteiger charge is 2.25. The summed E-state index contributed by atoms with van der Waals surface area (Å²) in [6, 6.07) is 9.37. The molecular formula is C18H23N3O3. The van der Waals surface area contributed by atoms with Gasteiger partial charge >= 0.3 is 5.97 Å². The highest BCUT2D eigenvalue weighted by Crippen LogP contribution is 2.20. The molecule has 128 valence electrons. The number of aliphatic carboxylic acids is 1. The van der Waals surface area contributed by atoms with E-state index in [4.69, 9.17) is 0 Å². The van der Waals surface area contributed by atoms with Gasteiger partial charge in [-0.3, -0.25) is 9.48 Å². The normalized spacial score (nSPS) is 12.2. The fourth-order valence-corrected chi connectivity index (χ4v) is 2.74. The highest BCUT2D eigenvalue weighted by atomic mass is 16.4. The standard InChI is InChI=1S/C18H23N3O3/c1-4-14(5-2)21-15(11-12(3)20-21)17(22)19-16(18(23)24)13-9-7-6-8-10-13/h6-11,14,16H,4-5H2,1-3H3,(H,19,22)(H,23,24)/t16-/m0/s1. The number of rotatable bonds is 7. The average Bonchev–Trinajstić information content (AvgIpc) is 2.96. The number of carboxylic acids is 1. The first-order valence-corrected chi connectivity index (χ1v) is 8.12. The molecule has 6 heteroatoms. The van der Waals surface area contributed by atoms with Gasteiger partial charge in [0.1, 0.15) is 5.69 Å². The van der Waals surface area contributed by atoms with Crippen molar-refractivity contribution in [2.24, 2.45) is 0 Å². The van der Waals surface area contributed by atoms with Gasteiger partial charge in [-0.05, 0) is 31.4 Å². The molecule has 0 spiro atoms. The molecular weight excluding hydrogens is 306 g/mol. The van der Waals surface area contributed by atoms with Gasteiger partial charge in [-0.15, -0.1) is 0 Å². The maximum atomic E-state index is 12.7. The number of carbonyl (C=O) groups is 2. The number of hydrogen-bond acceptors (Lipinski definition) is 3. The number of aryl methyl sites for hydroxylation is 1. The van der Waals surface area contributed by atoms with E-state index in [1.807, 2.05) is 20.8 Å². The summed E-state index contributed by atoms with van der Waals surface area (Å²) in [4.78, 5) is 24.2. The molecule has 0 radical (unpaired) electrons. The second kappa shape index (κ2) is 7.77. The number of aromatic nitrogens is 2. The maximum Gasteiger partial charge on any atom is 0.330 e. The molecule has 0 fully saturated rings. The average molecular weight is 329 g/mol. The molecule has 1 heterocycles. The SMILES string of the molecule is CCC(CC)n1nc(C)cc1C(=O)N[C@H](C(=O)O)c1ccccc1. The lowest BCUT2D eigenvalue weighted by Gasteiger charge is -2.18. The smallest absolute Gasteiger partial charge is 0.330 e. The van der Waals surface area contributed by atoms with Crippen molar-refractivity contribution in [3.63, 3.8) is 0 Å². The molecule has 2 N–H and O–H groups in total. The summed E-state index contributed by atoms with van der Waals surface area (Å²) in [5.41, 5.74) is 1.66. The van der Waals surface area contributed by atoms with Crippen molar-refractivity contribution in [2.75, 3.05) is 0 Å². The van der Waals surface area contributed by atoms with Crippen LogP contribution in [-0.2, 0) is 4.79 Å². The minimum absolute atomic E-state index is 0.111. The van der Waals surface area contributed by atoms with Crippen molar-refractivity contribution in [1.29, 1.82) is 0 Å². The van der Waals surface area contributed by atoms with E-state index in [0.29, 0.717) is 11.3 Å². The van der Waals surface area contributed by atoms with Crippen LogP contribution in [0.2, 0.25) is 0 Å². The van der Waals surface area contributed by atoms with Crippen LogP contribution in [-0.4, -0.2) is 26.8 Å². The lowest BCUT2D eigenvalue weighted by molar-refractivity contribution is -0.139. The lowest BCUT2D eigenvalue weighted by atomic mass is 10.1. The number of nitrogens with one attached hydrogen (secondary N) is 1. The molecule has 2 rings (SSSR count). The summed E-state index contributed by atoms with van der Waals surface area (Å²) in [5.74, 6) is -1.53. The molecule has 1 aromatic heterocycles. The Morgan fingerprint density at radius 2 is 1.83 bits per heavy atom. The van der Waals surface area contributed by atoms with Crippen LogP contribution in [0.4, 0.5) is 0 Å². The molecule has 0 bridgehead atoms. The Balaban J connectivity index is 2.30. The highest BCUT2D eigenvalue weighted by molar-refractivity contribution is 5.95. The first-order valence-electron chi connectivity index (χ1n) is 8.12. The molecule has 0 saturated carbocycles. The number of amides is 1. The summed E-state index contributed by atoms with van der Waals surface area (Å²) in [5, 5.41) is 16.5. The molecule has 0 aliphatic carbocycles. The minimum atomic E-state index is -1.10. The monoisotopic (exact) mass is 329 g/mol. The molecule has 1 amide bonds. The van der Waals surface area contributed by atoms with Crippen LogP contribution in [0, 0.1) is 6.92 Å². The summed E-state index contributed by atoms with van der Waals surface area (Å²) in [6.07, 6.45) is 1.69. The van der Waals surface area contributed by atoms with Gasteiger partial charge in [0.05, 0.1) is 11.7 Å². The van der Waals surface area contributed by atoms with Crippen molar-refractivity contribution in [2.45, 2.75) is 45.7 Å². The molecule has 0 aliphatic rings. The second-order valence-electron chi connectivity index (χ2n) is 5.74. The van der Waals surface area contributed by atoms with Gasteiger partial charge in [0.15, 0.2) is 6.04 Å². The maximum absolute atomic E-state index is 12.7. The number of hydrogen-bond donors (Lipinski definition) is 2. The first-order chi connectivity index (χ1) is 11.5. The number of nitrogens with zero attached hydrogens (tertiary/aromatic N) is 2. The Kier molecular flexibility index (Phi) is 5.73. The summed E-state index contributed by atoms with van der Waals surface area (Å²) in [7, 11) is 0. The Morgan fingerprint density at radius 1 is 1.21 bits per heavy atom. The van der Waals surface area contributed by atoms with Gasteiger partial charge in [-0.25, -0.2) is 4.79 Å². The van der Waals surface area contributed by atoms with E-state index < -0.39 is 17.9 Å². The third-order valence-electron chi connectivity index (χ3n) is 4.03. The van der Waals surface area contributed by atoms with Gasteiger partial charge < -0.3 is 10.4 Å². The van der Waals surface area contributed by atoms with E-state index in [1.54, 1.807) is 41.1 Å². The molecule has 24 heavy (non-hydrogen) atoms. The number of carboxylic acid groups (broad SMARTS) is 1. The van der Waals surface area contributed by atoms with Crippen molar-refractivity contribution < 1.29 is 14.7 Å². The molecule has 2 aromatic rings. The molecule has 0 aliphatic heterocycles. The predicted molar refractivity (Wildman–Crippen MR) is 90.9 cm³/mol. The topological polar surface area (TPSA) is 84.2 Å². The zero-order valence-corrected chi connectivity index (χ0v) is 14.2. The van der Waals surface area contributed by atoms with Gasteiger partial charge in [-0.2, -0.15) is 5.10 Å². The molecule has 6 nitrogen and oxygen atoms in total. The minimum Gasteiger partial charge on any atom is -0.479 e. The van der Waals surface area contributed by atoms with Crippen LogP contribution >= 0.6 is 0 Å². The van der Waals surface area contributed by atoms with E-state index in [1.165, 1.54) is 0 Å². The first kappa shape index (κ1) is 17.7. The van der Waals surface area contributed by atoms with Crippen LogP contribution in [0.1, 0.15) is 60.5 Å². The fraction of sp³-hybridized carbons (Fsp3) is 0.389. The van der Waals surface area contributed by atoms with E-state index in [9.17, 15) is 14.7 Å². The molecule has 0 saturated heterocycles. The fourth-order valence-electron chi connectivity index (χ4n) is 2.74. The third kappa shape index (κ3) is 3.82. The Labute approximate surface area is 141 Å². The molecule has 1 aromatic carbocycles. The summed E-state index contributed by atoms with van der Waals surface area (Å²) < 4.78 is 1.70. The van der Waals surface area contributed by atoms with E-state index in [2.05, 4.69) is 10.4 Å². The van der Waals surface area contributed by atoms with Crippen molar-refractivity contribution >= 4 is 11.9 Å². The largest absolute Gasteiger partial charge is 0.479 e. The zero-order chi connectivity index (χ0) is 17.7. The van der Waals surface area contributed by atoms with Crippen LogP contribution in [0.3, 0.4) is 0 Å². The predicted octanol–water partition coefficient (Wildman–Crippen LogP) is 3.11. The molecule has 1 atom stereocenters. The third-order valence-corrected chi connectivity index (χ3v) is 4.03. The molecule has 0 unspecified atom stereocenters. The number of benzene rings is 1. The quantitative estimate of drug-likeness (QED) is 0.817. The van der Waals surface area contributed by atoms with E-state index >= 15 is 0 Å². The van der Waals surface area contributed by atoms with Gasteiger partial charge in [0.25, 0.3) is 5.91 Å². The summed E-state index contributed by atoms with van der Waals surface area (Å²) in [6.45, 7) is 5.90. The van der Waals surface area contributed by atoms with Crippen molar-refractivity contribution in [3.8, 4) is 0 Å². The van der Waals surface area contributed by atoms with Gasteiger partial charge in [0.2, 0.25) is 0 Å². The lowest BCUT2D eigenvalue weighted by Crippen LogP contribution is -2.35. The van der Waals surface area contributed by atoms with Crippen LogP contribution in [0.5, 0.6) is 0 Å². The zero-order valence-electron chi connectivity index (χ0n) is 14.2. The van der Waals surface area contributed by atoms with Crippen molar-refractivity contribution in [1.82, 2.24) is 15.1 Å². The second-order valence-corrected chi connectivity index (χ2v) is 5.74. The van der Waals surface area contributed by atoms with Crippen molar-refractivity contribution in [3.05, 3.63) is 53.3 Å². The van der Waals surface area contributed by atoms with Crippen LogP contribution < -0.4 is 5.32 Å².